The number of Topliss-reactive ketones (excluding diaryl/α,β-unsaturated/α-hetero) is 1. The maximum atomic E-state index is 12.6. The lowest BCUT2D eigenvalue weighted by atomic mass is 9.96. The van der Waals surface area contributed by atoms with Crippen LogP contribution in [0.3, 0.4) is 0 Å². The predicted octanol–water partition coefficient (Wildman–Crippen LogP) is 3.53. The summed E-state index contributed by atoms with van der Waals surface area (Å²) in [4.78, 5) is 25.9. The molecule has 5 nitrogen and oxygen atoms in total. The first kappa shape index (κ1) is 16.1. The van der Waals surface area contributed by atoms with E-state index in [1.54, 1.807) is 24.3 Å². The Morgan fingerprint density at radius 3 is 2.29 bits per heavy atom. The highest BCUT2D eigenvalue weighted by Gasteiger charge is 2.43. The van der Waals surface area contributed by atoms with Gasteiger partial charge < -0.3 is 10.2 Å². The summed E-state index contributed by atoms with van der Waals surface area (Å²) in [5, 5.41) is 20.0. The van der Waals surface area contributed by atoms with Crippen LogP contribution in [0.4, 0.5) is 5.69 Å². The second kappa shape index (κ2) is 6.02. The molecule has 1 aliphatic heterocycles. The number of aliphatic hydroxyl groups excluding tert-OH is 1. The number of ketones is 1. The smallest absolute Gasteiger partial charge is 0.294 e. The predicted molar refractivity (Wildman–Crippen MR) is 90.1 cm³/mol. The maximum absolute atomic E-state index is 12.6. The third-order valence-corrected chi connectivity index (χ3v) is 4.26. The van der Waals surface area contributed by atoms with Crippen LogP contribution in [-0.4, -0.2) is 21.9 Å². The van der Waals surface area contributed by atoms with Crippen molar-refractivity contribution < 1.29 is 19.8 Å². The van der Waals surface area contributed by atoms with Crippen molar-refractivity contribution in [2.24, 2.45) is 0 Å². The molecule has 3 rings (SSSR count). The number of anilines is 1. The first-order valence-electron chi connectivity index (χ1n) is 7.23. The zero-order valence-corrected chi connectivity index (χ0v) is 13.5. The van der Waals surface area contributed by atoms with E-state index in [0.717, 1.165) is 0 Å². The Balaban J connectivity index is 2.21. The van der Waals surface area contributed by atoms with E-state index in [0.29, 0.717) is 16.3 Å². The topological polar surface area (TPSA) is 77.8 Å². The molecule has 6 heteroatoms. The molecule has 0 fully saturated rings. The van der Waals surface area contributed by atoms with Gasteiger partial charge in [0.15, 0.2) is 11.5 Å². The van der Waals surface area contributed by atoms with Gasteiger partial charge in [0.05, 0.1) is 11.6 Å². The fraction of sp³-hybridized carbons (Fsp3) is 0.111. The van der Waals surface area contributed by atoms with Crippen molar-refractivity contribution in [2.45, 2.75) is 13.0 Å². The van der Waals surface area contributed by atoms with Gasteiger partial charge in [-0.1, -0.05) is 29.8 Å². The van der Waals surface area contributed by atoms with E-state index in [-0.39, 0.29) is 11.3 Å². The van der Waals surface area contributed by atoms with Gasteiger partial charge in [0.2, 0.25) is 0 Å². The van der Waals surface area contributed by atoms with Crippen LogP contribution < -0.4 is 4.90 Å². The lowest BCUT2D eigenvalue weighted by Gasteiger charge is -2.27. The zero-order valence-electron chi connectivity index (χ0n) is 12.7. The average molecular weight is 344 g/mol. The van der Waals surface area contributed by atoms with Crippen LogP contribution in [0.1, 0.15) is 18.5 Å². The van der Waals surface area contributed by atoms with E-state index in [9.17, 15) is 19.8 Å². The fourth-order valence-corrected chi connectivity index (χ4v) is 3.07. The summed E-state index contributed by atoms with van der Waals surface area (Å²) in [5.74, 6) is -1.63. The standard InChI is InChI=1S/C18H14ClNO4/c1-10(21)15-16(13-4-2-3-5-14(13)19)20(18(24)17(15)23)11-6-8-12(22)9-7-11/h2-9,16,22-23H,1H3/t16-/m1/s1. The Morgan fingerprint density at radius 1 is 1.08 bits per heavy atom. The molecule has 0 bridgehead atoms. The molecule has 2 N–H and O–H groups in total. The Kier molecular flexibility index (Phi) is 4.03. The molecule has 0 saturated carbocycles. The fourth-order valence-electron chi connectivity index (χ4n) is 2.84. The Labute approximate surface area is 143 Å². The molecule has 2 aromatic carbocycles. The monoisotopic (exact) mass is 343 g/mol. The van der Waals surface area contributed by atoms with Crippen LogP contribution >= 0.6 is 11.6 Å². The molecular weight excluding hydrogens is 330 g/mol. The molecule has 1 atom stereocenters. The third-order valence-electron chi connectivity index (χ3n) is 3.92. The maximum Gasteiger partial charge on any atom is 0.294 e. The first-order valence-corrected chi connectivity index (χ1v) is 7.60. The van der Waals surface area contributed by atoms with Crippen molar-refractivity contribution in [3.05, 3.63) is 70.4 Å². The highest BCUT2D eigenvalue weighted by Crippen LogP contribution is 2.43. The number of hydrogen-bond acceptors (Lipinski definition) is 4. The van der Waals surface area contributed by atoms with E-state index in [1.165, 1.54) is 36.1 Å². The summed E-state index contributed by atoms with van der Waals surface area (Å²) in [6, 6.07) is 11.9. The molecule has 0 aromatic heterocycles. The number of phenols is 1. The van der Waals surface area contributed by atoms with Crippen LogP contribution in [0, 0.1) is 0 Å². The van der Waals surface area contributed by atoms with Gasteiger partial charge in [-0.25, -0.2) is 0 Å². The Hall–Kier alpha value is -2.79. The number of aliphatic hydroxyl groups is 1. The summed E-state index contributed by atoms with van der Waals surface area (Å²) in [7, 11) is 0. The lowest BCUT2D eigenvalue weighted by Crippen LogP contribution is -2.31. The molecule has 0 unspecified atom stereocenters. The average Bonchev–Trinajstić information content (AvgIpc) is 2.81. The molecular formula is C18H14ClNO4. The number of benzene rings is 2. The summed E-state index contributed by atoms with van der Waals surface area (Å²) in [6.07, 6.45) is 0. The Morgan fingerprint density at radius 2 is 1.71 bits per heavy atom. The summed E-state index contributed by atoms with van der Waals surface area (Å²) in [5.41, 5.74) is 0.974. The minimum Gasteiger partial charge on any atom is -0.508 e. The summed E-state index contributed by atoms with van der Waals surface area (Å²) < 4.78 is 0. The van der Waals surface area contributed by atoms with E-state index in [1.807, 2.05) is 0 Å². The number of nitrogens with zero attached hydrogens (tertiary/aromatic N) is 1. The van der Waals surface area contributed by atoms with Gasteiger partial charge in [0, 0.05) is 10.7 Å². The van der Waals surface area contributed by atoms with E-state index < -0.39 is 23.5 Å². The molecule has 1 heterocycles. The molecule has 0 aliphatic carbocycles. The molecule has 0 saturated heterocycles. The third kappa shape index (κ3) is 2.53. The largest absolute Gasteiger partial charge is 0.508 e. The number of halogens is 1. The lowest BCUT2D eigenvalue weighted by molar-refractivity contribution is -0.117. The van der Waals surface area contributed by atoms with Gasteiger partial charge >= 0.3 is 0 Å². The quantitative estimate of drug-likeness (QED) is 0.893. The minimum absolute atomic E-state index is 0.00109. The number of phenolic OH excluding ortho intramolecular Hbond substituents is 1. The molecule has 0 radical (unpaired) electrons. The highest BCUT2D eigenvalue weighted by molar-refractivity contribution is 6.31. The number of hydrogen-bond donors (Lipinski definition) is 2. The van der Waals surface area contributed by atoms with Gasteiger partial charge in [0.25, 0.3) is 5.91 Å². The first-order chi connectivity index (χ1) is 11.4. The normalized spacial score (nSPS) is 17.5. The van der Waals surface area contributed by atoms with Crippen molar-refractivity contribution >= 4 is 29.0 Å². The summed E-state index contributed by atoms with van der Waals surface area (Å²) >= 11 is 6.25. The molecule has 24 heavy (non-hydrogen) atoms. The molecule has 1 aliphatic rings. The molecule has 1 amide bonds. The van der Waals surface area contributed by atoms with Gasteiger partial charge in [-0.3, -0.25) is 14.5 Å². The summed E-state index contributed by atoms with van der Waals surface area (Å²) in [6.45, 7) is 1.29. The van der Waals surface area contributed by atoms with Crippen molar-refractivity contribution in [2.75, 3.05) is 4.90 Å². The van der Waals surface area contributed by atoms with Crippen LogP contribution in [0.2, 0.25) is 5.02 Å². The van der Waals surface area contributed by atoms with E-state index >= 15 is 0 Å². The van der Waals surface area contributed by atoms with Crippen LogP contribution in [0.25, 0.3) is 0 Å². The van der Waals surface area contributed by atoms with Crippen LogP contribution in [0.15, 0.2) is 59.9 Å². The second-order valence-electron chi connectivity index (χ2n) is 5.43. The molecule has 2 aromatic rings. The zero-order chi connectivity index (χ0) is 17.4. The van der Waals surface area contributed by atoms with Gasteiger partial charge in [-0.2, -0.15) is 0 Å². The highest BCUT2D eigenvalue weighted by atomic mass is 35.5. The second-order valence-corrected chi connectivity index (χ2v) is 5.84. The van der Waals surface area contributed by atoms with Gasteiger partial charge in [-0.05, 0) is 42.8 Å². The minimum atomic E-state index is -0.826. The van der Waals surface area contributed by atoms with Crippen LogP contribution in [-0.2, 0) is 9.59 Å². The van der Waals surface area contributed by atoms with Crippen molar-refractivity contribution in [3.63, 3.8) is 0 Å². The number of carbonyl (C=O) groups excluding carboxylic acids is 2. The Bertz CT molecular complexity index is 858. The van der Waals surface area contributed by atoms with Crippen LogP contribution in [0.5, 0.6) is 5.75 Å². The van der Waals surface area contributed by atoms with Crippen molar-refractivity contribution in [3.8, 4) is 5.75 Å². The van der Waals surface area contributed by atoms with Crippen molar-refractivity contribution in [1.82, 2.24) is 0 Å². The SMILES string of the molecule is CC(=O)C1=C(O)C(=O)N(c2ccc(O)cc2)[C@@H]1c1ccccc1Cl. The number of rotatable bonds is 3. The number of aromatic hydroxyl groups is 1. The van der Waals surface area contributed by atoms with Gasteiger partial charge in [0.1, 0.15) is 5.75 Å². The number of carbonyl (C=O) groups is 2. The van der Waals surface area contributed by atoms with E-state index in [2.05, 4.69) is 0 Å². The van der Waals surface area contributed by atoms with Crippen molar-refractivity contribution in [1.29, 1.82) is 0 Å². The number of amides is 1. The molecule has 0 spiro atoms. The van der Waals surface area contributed by atoms with Gasteiger partial charge in [-0.15, -0.1) is 0 Å². The van der Waals surface area contributed by atoms with E-state index in [4.69, 9.17) is 11.6 Å². The molecule has 122 valence electrons.